The van der Waals surface area contributed by atoms with Crippen LogP contribution in [0.5, 0.6) is 5.75 Å². The molecule has 2 aromatic carbocycles. The number of amides is 2. The maximum absolute atomic E-state index is 12.8. The minimum absolute atomic E-state index is 0.0436. The van der Waals surface area contributed by atoms with Crippen LogP contribution in [0.15, 0.2) is 48.5 Å². The molecule has 8 heteroatoms. The van der Waals surface area contributed by atoms with Gasteiger partial charge in [0.25, 0.3) is 5.91 Å². The van der Waals surface area contributed by atoms with E-state index in [1.807, 2.05) is 41.3 Å². The molecule has 0 atom stereocenters. The number of carbonyl (C=O) groups excluding carboxylic acids is 2. The zero-order valence-electron chi connectivity index (χ0n) is 19.3. The molecule has 3 rings (SSSR count). The van der Waals surface area contributed by atoms with E-state index in [9.17, 15) is 9.59 Å². The largest absolute Gasteiger partial charge is 0.497 e. The predicted octanol–water partition coefficient (Wildman–Crippen LogP) is 4.05. The van der Waals surface area contributed by atoms with E-state index in [4.69, 9.17) is 17.0 Å². The Morgan fingerprint density at radius 3 is 2.24 bits per heavy atom. The first kappa shape index (κ1) is 24.5. The van der Waals surface area contributed by atoms with E-state index in [2.05, 4.69) is 22.5 Å². The molecule has 0 radical (unpaired) electrons. The highest BCUT2D eigenvalue weighted by molar-refractivity contribution is 7.80. The van der Waals surface area contributed by atoms with Gasteiger partial charge in [0.2, 0.25) is 5.91 Å². The standard InChI is InChI=1S/C25H32N4O3S/c1-3-4-5-6-23(30)27-25(33)26-20-9-11-21(12-10-20)28-15-17-29(18-16-28)24(31)19-7-13-22(32-2)14-8-19/h7-14H,3-6,15-18H2,1-2H3,(H2,26,27,30,33). The summed E-state index contributed by atoms with van der Waals surface area (Å²) in [5.41, 5.74) is 2.59. The van der Waals surface area contributed by atoms with Crippen LogP contribution in [0.4, 0.5) is 11.4 Å². The van der Waals surface area contributed by atoms with E-state index in [0.29, 0.717) is 30.2 Å². The van der Waals surface area contributed by atoms with Gasteiger partial charge in [-0.05, 0) is 67.2 Å². The summed E-state index contributed by atoms with van der Waals surface area (Å²) in [6.45, 7) is 4.97. The second-order valence-electron chi connectivity index (χ2n) is 8.01. The van der Waals surface area contributed by atoms with Gasteiger partial charge in [-0.25, -0.2) is 0 Å². The number of piperazine rings is 1. The van der Waals surface area contributed by atoms with Crippen molar-refractivity contribution in [2.24, 2.45) is 0 Å². The Balaban J connectivity index is 1.46. The Hall–Kier alpha value is -3.13. The van der Waals surface area contributed by atoms with E-state index < -0.39 is 0 Å². The minimum atomic E-state index is -0.0559. The summed E-state index contributed by atoms with van der Waals surface area (Å²) in [6, 6.07) is 15.2. The average molecular weight is 469 g/mol. The molecule has 0 aromatic heterocycles. The molecule has 0 saturated carbocycles. The number of thiocarbonyl (C=S) groups is 1. The number of unbranched alkanes of at least 4 members (excludes halogenated alkanes) is 2. The first-order valence-corrected chi connectivity index (χ1v) is 11.8. The summed E-state index contributed by atoms with van der Waals surface area (Å²) in [6.07, 6.45) is 3.48. The van der Waals surface area contributed by atoms with Gasteiger partial charge in [-0.1, -0.05) is 19.8 Å². The van der Waals surface area contributed by atoms with Gasteiger partial charge in [0.05, 0.1) is 7.11 Å². The monoisotopic (exact) mass is 468 g/mol. The number of hydrogen-bond acceptors (Lipinski definition) is 5. The smallest absolute Gasteiger partial charge is 0.253 e. The molecule has 2 aromatic rings. The first-order valence-electron chi connectivity index (χ1n) is 11.4. The number of rotatable bonds is 8. The van der Waals surface area contributed by atoms with Crippen molar-refractivity contribution in [1.29, 1.82) is 0 Å². The average Bonchev–Trinajstić information content (AvgIpc) is 2.84. The van der Waals surface area contributed by atoms with Crippen molar-refractivity contribution in [2.45, 2.75) is 32.6 Å². The summed E-state index contributed by atoms with van der Waals surface area (Å²) in [5, 5.41) is 6.10. The van der Waals surface area contributed by atoms with Crippen LogP contribution in [0, 0.1) is 0 Å². The van der Waals surface area contributed by atoms with Gasteiger partial charge in [-0.3, -0.25) is 9.59 Å². The number of nitrogens with zero attached hydrogens (tertiary/aromatic N) is 2. The number of carbonyl (C=O) groups is 2. The SMILES string of the molecule is CCCCCC(=O)NC(=S)Nc1ccc(N2CCN(C(=O)c3ccc(OC)cc3)CC2)cc1. The van der Waals surface area contributed by atoms with E-state index >= 15 is 0 Å². The number of anilines is 2. The van der Waals surface area contributed by atoms with Crippen LogP contribution in [-0.4, -0.2) is 55.1 Å². The number of hydrogen-bond donors (Lipinski definition) is 2. The highest BCUT2D eigenvalue weighted by Crippen LogP contribution is 2.21. The Kier molecular flexibility index (Phi) is 9.06. The molecule has 0 aliphatic carbocycles. The van der Waals surface area contributed by atoms with Crippen molar-refractivity contribution in [3.63, 3.8) is 0 Å². The second kappa shape index (κ2) is 12.2. The minimum Gasteiger partial charge on any atom is -0.497 e. The molecule has 33 heavy (non-hydrogen) atoms. The van der Waals surface area contributed by atoms with Gasteiger partial charge in [0.15, 0.2) is 5.11 Å². The van der Waals surface area contributed by atoms with Crippen LogP contribution >= 0.6 is 12.2 Å². The third kappa shape index (κ3) is 7.18. The maximum Gasteiger partial charge on any atom is 0.253 e. The highest BCUT2D eigenvalue weighted by Gasteiger charge is 2.22. The van der Waals surface area contributed by atoms with Gasteiger partial charge in [0.1, 0.15) is 5.75 Å². The Morgan fingerprint density at radius 2 is 1.64 bits per heavy atom. The molecule has 2 amide bonds. The van der Waals surface area contributed by atoms with Crippen LogP contribution in [0.2, 0.25) is 0 Å². The fourth-order valence-corrected chi connectivity index (χ4v) is 3.96. The van der Waals surface area contributed by atoms with Gasteiger partial charge in [-0.15, -0.1) is 0 Å². The topological polar surface area (TPSA) is 73.9 Å². The van der Waals surface area contributed by atoms with Gasteiger partial charge in [0, 0.05) is 49.5 Å². The molecule has 1 aliphatic rings. The molecule has 0 bridgehead atoms. The lowest BCUT2D eigenvalue weighted by atomic mass is 10.1. The first-order chi connectivity index (χ1) is 16.0. The van der Waals surface area contributed by atoms with Crippen molar-refractivity contribution >= 4 is 40.5 Å². The second-order valence-corrected chi connectivity index (χ2v) is 8.42. The number of methoxy groups -OCH3 is 1. The third-order valence-electron chi connectivity index (χ3n) is 5.65. The lowest BCUT2D eigenvalue weighted by Gasteiger charge is -2.36. The lowest BCUT2D eigenvalue weighted by Crippen LogP contribution is -2.48. The quantitative estimate of drug-likeness (QED) is 0.450. The van der Waals surface area contributed by atoms with E-state index in [0.717, 1.165) is 49.5 Å². The van der Waals surface area contributed by atoms with E-state index in [-0.39, 0.29) is 11.8 Å². The van der Waals surface area contributed by atoms with E-state index in [1.165, 1.54) is 0 Å². The normalized spacial score (nSPS) is 13.4. The summed E-state index contributed by atoms with van der Waals surface area (Å²) < 4.78 is 5.16. The molecule has 176 valence electrons. The third-order valence-corrected chi connectivity index (χ3v) is 5.86. The van der Waals surface area contributed by atoms with Crippen molar-refractivity contribution in [3.05, 3.63) is 54.1 Å². The molecular weight excluding hydrogens is 436 g/mol. The fraction of sp³-hybridized carbons (Fsp3) is 0.400. The maximum atomic E-state index is 12.8. The van der Waals surface area contributed by atoms with Crippen LogP contribution in [0.1, 0.15) is 43.0 Å². The number of ether oxygens (including phenoxy) is 1. The highest BCUT2D eigenvalue weighted by atomic mass is 32.1. The molecule has 2 N–H and O–H groups in total. The predicted molar refractivity (Wildman–Crippen MR) is 136 cm³/mol. The molecule has 1 aliphatic heterocycles. The van der Waals surface area contributed by atoms with Crippen molar-refractivity contribution < 1.29 is 14.3 Å². The molecular formula is C25H32N4O3S. The summed E-state index contributed by atoms with van der Waals surface area (Å²) in [7, 11) is 1.61. The van der Waals surface area contributed by atoms with Crippen LogP contribution in [0.25, 0.3) is 0 Å². The zero-order chi connectivity index (χ0) is 23.6. The summed E-state index contributed by atoms with van der Waals surface area (Å²) in [4.78, 5) is 28.8. The van der Waals surface area contributed by atoms with Gasteiger partial charge >= 0.3 is 0 Å². The Bertz CT molecular complexity index is 939. The molecule has 1 saturated heterocycles. The van der Waals surface area contributed by atoms with E-state index in [1.54, 1.807) is 19.2 Å². The van der Waals surface area contributed by atoms with Crippen molar-refractivity contribution in [2.75, 3.05) is 43.5 Å². The van der Waals surface area contributed by atoms with Crippen LogP contribution in [0.3, 0.4) is 0 Å². The van der Waals surface area contributed by atoms with Crippen molar-refractivity contribution in [3.8, 4) is 5.75 Å². The fourth-order valence-electron chi connectivity index (χ4n) is 3.73. The number of benzene rings is 2. The zero-order valence-corrected chi connectivity index (χ0v) is 20.1. The number of nitrogens with one attached hydrogen (secondary N) is 2. The summed E-state index contributed by atoms with van der Waals surface area (Å²) in [5.74, 6) is 0.728. The Labute approximate surface area is 201 Å². The molecule has 0 spiro atoms. The van der Waals surface area contributed by atoms with Crippen LogP contribution in [-0.2, 0) is 4.79 Å². The molecule has 1 heterocycles. The summed E-state index contributed by atoms with van der Waals surface area (Å²) >= 11 is 5.24. The Morgan fingerprint density at radius 1 is 0.970 bits per heavy atom. The van der Waals surface area contributed by atoms with Gasteiger partial charge in [-0.2, -0.15) is 0 Å². The van der Waals surface area contributed by atoms with Crippen molar-refractivity contribution in [1.82, 2.24) is 10.2 Å². The van der Waals surface area contributed by atoms with Gasteiger partial charge < -0.3 is 25.2 Å². The lowest BCUT2D eigenvalue weighted by molar-refractivity contribution is -0.119. The molecule has 1 fully saturated rings. The molecule has 0 unspecified atom stereocenters. The van der Waals surface area contributed by atoms with Crippen LogP contribution < -0.4 is 20.3 Å². The molecule has 7 nitrogen and oxygen atoms in total.